The number of aryl methyl sites for hydroxylation is 1. The summed E-state index contributed by atoms with van der Waals surface area (Å²) >= 11 is 0. The molecule has 1 aliphatic carbocycles. The smallest absolute Gasteiger partial charge is 0.410 e. The van der Waals surface area contributed by atoms with Crippen molar-refractivity contribution in [1.29, 1.82) is 0 Å². The molecule has 33 heavy (non-hydrogen) atoms. The fourth-order valence-corrected chi connectivity index (χ4v) is 5.27. The zero-order chi connectivity index (χ0) is 23.2. The zero-order valence-corrected chi connectivity index (χ0v) is 19.9. The molecule has 0 radical (unpaired) electrons. The van der Waals surface area contributed by atoms with Gasteiger partial charge in [-0.15, -0.1) is 5.11 Å². The number of likely N-dealkylation sites (tertiary alicyclic amines) is 1. The molecule has 2 unspecified atom stereocenters. The Hall–Kier alpha value is -3.02. The Bertz CT molecular complexity index is 1090. The molecule has 6 heteroatoms. The van der Waals surface area contributed by atoms with Crippen LogP contribution in [0.4, 0.5) is 4.79 Å². The molecular weight excluding hydrogens is 412 g/mol. The van der Waals surface area contributed by atoms with Gasteiger partial charge in [0.05, 0.1) is 0 Å². The maximum atomic E-state index is 12.4. The number of piperidine rings is 1. The summed E-state index contributed by atoms with van der Waals surface area (Å²) in [6, 6.07) is 15.5. The van der Waals surface area contributed by atoms with E-state index in [2.05, 4.69) is 64.6 Å². The predicted molar refractivity (Wildman–Crippen MR) is 130 cm³/mol. The lowest BCUT2D eigenvalue weighted by Gasteiger charge is -2.34. The standard InChI is InChI=1S/C27H32N4O2/c1-18-15-21(24-28-17-29-30-24)9-10-22(18)19-5-7-20(8-6-19)23-16-27(23)11-13-31(14-12-27)25(32)33-26(2,3)4/h5-10,15,17,23-24H,11-14,16H2,1-4H3. The highest BCUT2D eigenvalue weighted by Gasteiger charge is 2.55. The van der Waals surface area contributed by atoms with Gasteiger partial charge in [0.25, 0.3) is 0 Å². The fraction of sp³-hybridized carbons (Fsp3) is 0.481. The van der Waals surface area contributed by atoms with Gasteiger partial charge in [-0.1, -0.05) is 42.5 Å². The highest BCUT2D eigenvalue weighted by molar-refractivity contribution is 5.69. The van der Waals surface area contributed by atoms with Crippen LogP contribution in [-0.4, -0.2) is 36.0 Å². The third-order valence-electron chi connectivity index (χ3n) is 7.21. The first-order valence-electron chi connectivity index (χ1n) is 11.8. The SMILES string of the molecule is Cc1cc(C2N=CN=N2)ccc1-c1ccc(C2CC23CCN(C(=O)OC(C)(C)C)CC3)cc1. The summed E-state index contributed by atoms with van der Waals surface area (Å²) in [7, 11) is 0. The van der Waals surface area contributed by atoms with Crippen LogP contribution in [0.5, 0.6) is 0 Å². The van der Waals surface area contributed by atoms with E-state index in [1.165, 1.54) is 35.0 Å². The van der Waals surface area contributed by atoms with Gasteiger partial charge in [0.1, 0.15) is 11.9 Å². The Morgan fingerprint density at radius 1 is 1.06 bits per heavy atom. The maximum absolute atomic E-state index is 12.4. The third kappa shape index (κ3) is 4.43. The number of benzene rings is 2. The lowest BCUT2D eigenvalue weighted by Crippen LogP contribution is -2.42. The molecule has 0 bridgehead atoms. The summed E-state index contributed by atoms with van der Waals surface area (Å²) in [6.45, 7) is 9.48. The molecule has 2 heterocycles. The van der Waals surface area contributed by atoms with Crippen molar-refractivity contribution in [2.75, 3.05) is 13.1 Å². The van der Waals surface area contributed by atoms with Crippen molar-refractivity contribution < 1.29 is 9.53 Å². The van der Waals surface area contributed by atoms with Crippen molar-refractivity contribution in [3.63, 3.8) is 0 Å². The van der Waals surface area contributed by atoms with Gasteiger partial charge < -0.3 is 9.64 Å². The average molecular weight is 445 g/mol. The van der Waals surface area contributed by atoms with E-state index in [0.717, 1.165) is 31.5 Å². The van der Waals surface area contributed by atoms with Crippen LogP contribution in [0.25, 0.3) is 11.1 Å². The molecule has 2 fully saturated rings. The molecule has 2 aromatic rings. The first kappa shape index (κ1) is 21.8. The lowest BCUT2D eigenvalue weighted by molar-refractivity contribution is 0.0170. The molecule has 0 aromatic heterocycles. The summed E-state index contributed by atoms with van der Waals surface area (Å²) in [6.07, 6.45) is 4.47. The fourth-order valence-electron chi connectivity index (χ4n) is 5.27. The van der Waals surface area contributed by atoms with Crippen LogP contribution in [0.15, 0.2) is 57.7 Å². The van der Waals surface area contributed by atoms with Gasteiger partial charge in [-0.3, -0.25) is 0 Å². The van der Waals surface area contributed by atoms with E-state index in [-0.39, 0.29) is 12.3 Å². The van der Waals surface area contributed by atoms with E-state index in [1.54, 1.807) is 0 Å². The lowest BCUT2D eigenvalue weighted by atomic mass is 9.88. The number of hydrogen-bond donors (Lipinski definition) is 0. The van der Waals surface area contributed by atoms with Crippen LogP contribution < -0.4 is 0 Å². The number of amides is 1. The Labute approximate surface area is 195 Å². The molecule has 5 rings (SSSR count). The van der Waals surface area contributed by atoms with Crippen LogP contribution in [0.1, 0.15) is 68.8 Å². The highest BCUT2D eigenvalue weighted by atomic mass is 16.6. The van der Waals surface area contributed by atoms with E-state index in [0.29, 0.717) is 11.3 Å². The van der Waals surface area contributed by atoms with E-state index in [1.807, 2.05) is 25.7 Å². The Kier molecular flexibility index (Phi) is 5.34. The van der Waals surface area contributed by atoms with Gasteiger partial charge in [-0.25, -0.2) is 9.79 Å². The first-order valence-corrected chi connectivity index (χ1v) is 11.8. The largest absolute Gasteiger partial charge is 0.444 e. The van der Waals surface area contributed by atoms with Crippen molar-refractivity contribution in [3.05, 3.63) is 59.2 Å². The molecule has 1 spiro atoms. The number of ether oxygens (including phenoxy) is 1. The minimum atomic E-state index is -0.440. The monoisotopic (exact) mass is 444 g/mol. The number of rotatable bonds is 3. The van der Waals surface area contributed by atoms with E-state index >= 15 is 0 Å². The molecule has 172 valence electrons. The second-order valence-electron chi connectivity index (χ2n) is 10.7. The number of hydrogen-bond acceptors (Lipinski definition) is 5. The van der Waals surface area contributed by atoms with Gasteiger partial charge in [0.15, 0.2) is 6.17 Å². The van der Waals surface area contributed by atoms with Crippen molar-refractivity contribution in [2.45, 2.75) is 64.6 Å². The van der Waals surface area contributed by atoms with Crippen LogP contribution in [-0.2, 0) is 4.74 Å². The van der Waals surface area contributed by atoms with Gasteiger partial charge in [-0.2, -0.15) is 5.11 Å². The van der Waals surface area contributed by atoms with Gasteiger partial charge in [-0.05, 0) is 80.5 Å². The van der Waals surface area contributed by atoms with Gasteiger partial charge in [0.2, 0.25) is 0 Å². The number of nitrogens with zero attached hydrogens (tertiary/aromatic N) is 4. The normalized spacial score (nSPS) is 23.2. The molecule has 3 aliphatic rings. The van der Waals surface area contributed by atoms with E-state index in [9.17, 15) is 4.79 Å². The molecule has 6 nitrogen and oxygen atoms in total. The minimum Gasteiger partial charge on any atom is -0.444 e. The van der Waals surface area contributed by atoms with E-state index < -0.39 is 5.60 Å². The number of carbonyl (C=O) groups is 1. The summed E-state index contributed by atoms with van der Waals surface area (Å²) < 4.78 is 5.55. The molecule has 1 saturated heterocycles. The molecule has 2 atom stereocenters. The number of azo groups is 1. The molecule has 1 amide bonds. The van der Waals surface area contributed by atoms with Crippen LogP contribution in [0.2, 0.25) is 0 Å². The second kappa shape index (κ2) is 8.08. The first-order chi connectivity index (χ1) is 15.7. The summed E-state index contributed by atoms with van der Waals surface area (Å²) in [5, 5.41) is 7.99. The molecular formula is C27H32N4O2. The van der Waals surface area contributed by atoms with Gasteiger partial charge in [0, 0.05) is 18.7 Å². The summed E-state index contributed by atoms with van der Waals surface area (Å²) in [4.78, 5) is 18.5. The quantitative estimate of drug-likeness (QED) is 0.531. The van der Waals surface area contributed by atoms with Crippen molar-refractivity contribution in [1.82, 2.24) is 4.90 Å². The van der Waals surface area contributed by atoms with E-state index in [4.69, 9.17) is 4.74 Å². The van der Waals surface area contributed by atoms with Gasteiger partial charge >= 0.3 is 6.09 Å². The minimum absolute atomic E-state index is 0.178. The molecule has 0 N–H and O–H groups in total. The van der Waals surface area contributed by atoms with Crippen molar-refractivity contribution in [2.24, 2.45) is 20.6 Å². The van der Waals surface area contributed by atoms with Crippen LogP contribution in [0, 0.1) is 12.3 Å². The van der Waals surface area contributed by atoms with Crippen LogP contribution >= 0.6 is 0 Å². The second-order valence-corrected chi connectivity index (χ2v) is 10.7. The Morgan fingerprint density at radius 2 is 1.76 bits per heavy atom. The highest BCUT2D eigenvalue weighted by Crippen LogP contribution is 2.65. The molecule has 1 saturated carbocycles. The number of carbonyl (C=O) groups excluding carboxylic acids is 1. The van der Waals surface area contributed by atoms with Crippen molar-refractivity contribution in [3.8, 4) is 11.1 Å². The zero-order valence-electron chi connectivity index (χ0n) is 19.9. The predicted octanol–water partition coefficient (Wildman–Crippen LogP) is 6.66. The summed E-state index contributed by atoms with van der Waals surface area (Å²) in [5.41, 5.74) is 6.09. The average Bonchev–Trinajstić information content (AvgIpc) is 3.19. The topological polar surface area (TPSA) is 66.6 Å². The molecule has 2 aliphatic heterocycles. The Morgan fingerprint density at radius 3 is 2.36 bits per heavy atom. The molecule has 2 aromatic carbocycles. The number of aliphatic imine (C=N–C) groups is 1. The maximum Gasteiger partial charge on any atom is 0.410 e. The third-order valence-corrected chi connectivity index (χ3v) is 7.21. The van der Waals surface area contributed by atoms with Crippen LogP contribution in [0.3, 0.4) is 0 Å². The summed E-state index contributed by atoms with van der Waals surface area (Å²) in [5.74, 6) is 0.599. The Balaban J connectivity index is 1.22. The van der Waals surface area contributed by atoms with Crippen molar-refractivity contribution >= 4 is 12.4 Å².